The Morgan fingerprint density at radius 2 is 1.46 bits per heavy atom. The van der Waals surface area contributed by atoms with Crippen molar-refractivity contribution in [3.63, 3.8) is 0 Å². The fraction of sp³-hybridized carbons (Fsp3) is 0.421. The minimum atomic E-state index is -1.04. The predicted octanol–water partition coefficient (Wildman–Crippen LogP) is 3.31. The molecule has 1 fully saturated rings. The summed E-state index contributed by atoms with van der Waals surface area (Å²) in [6.07, 6.45) is 0.525. The zero-order valence-corrected chi connectivity index (χ0v) is 28.2. The van der Waals surface area contributed by atoms with Gasteiger partial charge in [0.25, 0.3) is 5.91 Å². The van der Waals surface area contributed by atoms with Crippen LogP contribution in [0.25, 0.3) is 0 Å². The first kappa shape index (κ1) is 36.1. The highest BCUT2D eigenvalue weighted by molar-refractivity contribution is 5.94. The minimum absolute atomic E-state index is 0.133. The molecule has 10 heteroatoms. The van der Waals surface area contributed by atoms with E-state index in [1.54, 1.807) is 0 Å². The molecule has 0 aromatic heterocycles. The van der Waals surface area contributed by atoms with Gasteiger partial charge in [-0.1, -0.05) is 92.7 Å². The molecule has 0 saturated carbocycles. The lowest BCUT2D eigenvalue weighted by molar-refractivity contribution is -0.132. The number of aliphatic hydroxyl groups is 1. The van der Waals surface area contributed by atoms with E-state index in [2.05, 4.69) is 21.3 Å². The Balaban J connectivity index is 1.50. The Kier molecular flexibility index (Phi) is 13.1. The standard InChI is InChI=1S/C38H48N4O6/c1-24(2)35(42-37(46)30-18-19-33(44)40-30)38(47)39-29(20-27-14-7-5-8-15-27)22-32(43)31(21-28-16-9-6-10-17-28)41-34(45)23-48-36-25(3)12-11-13-26(36)4/h5-17,24,29-32,35,43H,18-23H2,1-4H3,(H,39,47)(H,40,44)(H,41,45)(H,42,46)/t29-,30?,31-,32-,35-/m0/s1. The number of aliphatic hydroxyl groups excluding tert-OH is 1. The monoisotopic (exact) mass is 656 g/mol. The quantitative estimate of drug-likeness (QED) is 0.160. The van der Waals surface area contributed by atoms with Crippen LogP contribution in [-0.2, 0) is 32.0 Å². The summed E-state index contributed by atoms with van der Waals surface area (Å²) in [6, 6.07) is 22.2. The molecule has 3 aromatic carbocycles. The third-order valence-corrected chi connectivity index (χ3v) is 8.62. The topological polar surface area (TPSA) is 146 Å². The summed E-state index contributed by atoms with van der Waals surface area (Å²) in [7, 11) is 0. The van der Waals surface area contributed by atoms with E-state index in [-0.39, 0.29) is 43.1 Å². The van der Waals surface area contributed by atoms with Crippen molar-refractivity contribution < 1.29 is 29.0 Å². The number of para-hydroxylation sites is 1. The van der Waals surface area contributed by atoms with Gasteiger partial charge in [-0.05, 0) is 67.7 Å². The molecule has 1 heterocycles. The van der Waals surface area contributed by atoms with Gasteiger partial charge in [0.05, 0.1) is 12.1 Å². The number of aryl methyl sites for hydroxylation is 2. The van der Waals surface area contributed by atoms with Gasteiger partial charge in [0, 0.05) is 12.5 Å². The summed E-state index contributed by atoms with van der Waals surface area (Å²) in [6.45, 7) is 7.30. The molecule has 1 aliphatic rings. The predicted molar refractivity (Wildman–Crippen MR) is 184 cm³/mol. The van der Waals surface area contributed by atoms with E-state index in [9.17, 15) is 24.3 Å². The highest BCUT2D eigenvalue weighted by Gasteiger charge is 2.33. The van der Waals surface area contributed by atoms with Crippen LogP contribution >= 0.6 is 0 Å². The van der Waals surface area contributed by atoms with Crippen LogP contribution in [-0.4, -0.2) is 65.6 Å². The van der Waals surface area contributed by atoms with Gasteiger partial charge in [-0.15, -0.1) is 0 Å². The molecule has 4 rings (SSSR count). The van der Waals surface area contributed by atoms with E-state index in [1.807, 2.05) is 107 Å². The van der Waals surface area contributed by atoms with Gasteiger partial charge >= 0.3 is 0 Å². The molecule has 0 radical (unpaired) electrons. The van der Waals surface area contributed by atoms with Gasteiger partial charge in [-0.3, -0.25) is 19.2 Å². The van der Waals surface area contributed by atoms with Crippen molar-refractivity contribution in [1.82, 2.24) is 21.3 Å². The molecule has 1 unspecified atom stereocenters. The number of nitrogens with one attached hydrogen (secondary N) is 4. The summed E-state index contributed by atoms with van der Waals surface area (Å²) in [5, 5.41) is 23.2. The maximum absolute atomic E-state index is 13.7. The average Bonchev–Trinajstić information content (AvgIpc) is 3.50. The fourth-order valence-corrected chi connectivity index (χ4v) is 6.00. The molecular formula is C38H48N4O6. The van der Waals surface area contributed by atoms with Crippen LogP contribution in [0.15, 0.2) is 78.9 Å². The van der Waals surface area contributed by atoms with Crippen molar-refractivity contribution in [1.29, 1.82) is 0 Å². The van der Waals surface area contributed by atoms with Gasteiger partial charge in [0.1, 0.15) is 17.8 Å². The molecule has 5 atom stereocenters. The fourth-order valence-electron chi connectivity index (χ4n) is 6.00. The SMILES string of the molecule is Cc1cccc(C)c1OCC(=O)N[C@@H](Cc1ccccc1)[C@@H](O)C[C@H](Cc1ccccc1)NC(=O)[C@@H](NC(=O)C1CCC(=O)N1)C(C)C. The summed E-state index contributed by atoms with van der Waals surface area (Å²) in [4.78, 5) is 51.5. The molecule has 1 saturated heterocycles. The number of carbonyl (C=O) groups is 4. The van der Waals surface area contributed by atoms with Crippen molar-refractivity contribution in [3.05, 3.63) is 101 Å². The largest absolute Gasteiger partial charge is 0.483 e. The normalized spacial score (nSPS) is 16.7. The Morgan fingerprint density at radius 3 is 2.02 bits per heavy atom. The Morgan fingerprint density at radius 1 is 0.854 bits per heavy atom. The smallest absolute Gasteiger partial charge is 0.258 e. The number of carbonyl (C=O) groups excluding carboxylic acids is 4. The van der Waals surface area contributed by atoms with E-state index < -0.39 is 36.2 Å². The van der Waals surface area contributed by atoms with Crippen molar-refractivity contribution in [3.8, 4) is 5.75 Å². The second kappa shape index (κ2) is 17.5. The van der Waals surface area contributed by atoms with Crippen molar-refractivity contribution in [2.45, 2.75) is 90.1 Å². The summed E-state index contributed by atoms with van der Waals surface area (Å²) in [5.74, 6) is -0.935. The Bertz CT molecular complexity index is 1510. The molecule has 3 aromatic rings. The molecule has 0 aliphatic carbocycles. The molecule has 0 bridgehead atoms. The molecule has 10 nitrogen and oxygen atoms in total. The van der Waals surface area contributed by atoms with Gasteiger partial charge < -0.3 is 31.1 Å². The third-order valence-electron chi connectivity index (χ3n) is 8.62. The molecular weight excluding hydrogens is 608 g/mol. The van der Waals surface area contributed by atoms with Crippen molar-refractivity contribution in [2.24, 2.45) is 5.92 Å². The number of ether oxygens (including phenoxy) is 1. The van der Waals surface area contributed by atoms with E-state index in [4.69, 9.17) is 4.74 Å². The Hall–Kier alpha value is -4.70. The molecule has 5 N–H and O–H groups in total. The molecule has 4 amide bonds. The van der Waals surface area contributed by atoms with Crippen molar-refractivity contribution >= 4 is 23.6 Å². The van der Waals surface area contributed by atoms with Crippen LogP contribution in [0.4, 0.5) is 0 Å². The molecule has 1 aliphatic heterocycles. The van der Waals surface area contributed by atoms with E-state index in [1.165, 1.54) is 0 Å². The second-order valence-corrected chi connectivity index (χ2v) is 13.0. The second-order valence-electron chi connectivity index (χ2n) is 13.0. The van der Waals surface area contributed by atoms with E-state index in [0.717, 1.165) is 22.3 Å². The van der Waals surface area contributed by atoms with Crippen LogP contribution in [0.3, 0.4) is 0 Å². The first-order valence-electron chi connectivity index (χ1n) is 16.6. The van der Waals surface area contributed by atoms with Crippen LogP contribution in [0.5, 0.6) is 5.75 Å². The van der Waals surface area contributed by atoms with E-state index in [0.29, 0.717) is 25.0 Å². The highest BCUT2D eigenvalue weighted by Crippen LogP contribution is 2.22. The van der Waals surface area contributed by atoms with Crippen LogP contribution in [0.2, 0.25) is 0 Å². The third kappa shape index (κ3) is 10.7. The number of rotatable bonds is 16. The lowest BCUT2D eigenvalue weighted by Gasteiger charge is -2.30. The van der Waals surface area contributed by atoms with Crippen LogP contribution in [0.1, 0.15) is 55.4 Å². The van der Waals surface area contributed by atoms with Gasteiger partial charge in [0.2, 0.25) is 17.7 Å². The number of benzene rings is 3. The van der Waals surface area contributed by atoms with Crippen molar-refractivity contribution in [2.75, 3.05) is 6.61 Å². The van der Waals surface area contributed by atoms with Gasteiger partial charge in [0.15, 0.2) is 6.61 Å². The molecule has 48 heavy (non-hydrogen) atoms. The Labute approximate surface area is 283 Å². The highest BCUT2D eigenvalue weighted by atomic mass is 16.5. The first-order valence-corrected chi connectivity index (χ1v) is 16.6. The summed E-state index contributed by atoms with van der Waals surface area (Å²) < 4.78 is 5.89. The molecule has 0 spiro atoms. The lowest BCUT2D eigenvalue weighted by atomic mass is 9.93. The van der Waals surface area contributed by atoms with E-state index >= 15 is 0 Å². The maximum atomic E-state index is 13.7. The van der Waals surface area contributed by atoms with Crippen LogP contribution in [0, 0.1) is 19.8 Å². The number of hydrogen-bond acceptors (Lipinski definition) is 6. The average molecular weight is 657 g/mol. The number of amides is 4. The number of hydrogen-bond donors (Lipinski definition) is 5. The minimum Gasteiger partial charge on any atom is -0.483 e. The maximum Gasteiger partial charge on any atom is 0.258 e. The van der Waals surface area contributed by atoms with Crippen LogP contribution < -0.4 is 26.0 Å². The lowest BCUT2D eigenvalue weighted by Crippen LogP contribution is -2.56. The van der Waals surface area contributed by atoms with Gasteiger partial charge in [-0.2, -0.15) is 0 Å². The zero-order chi connectivity index (χ0) is 34.6. The first-order chi connectivity index (χ1) is 23.0. The summed E-state index contributed by atoms with van der Waals surface area (Å²) >= 11 is 0. The van der Waals surface area contributed by atoms with Gasteiger partial charge in [-0.25, -0.2) is 0 Å². The zero-order valence-electron chi connectivity index (χ0n) is 28.2. The summed E-state index contributed by atoms with van der Waals surface area (Å²) in [5.41, 5.74) is 3.74. The molecule has 256 valence electrons.